The molecule has 4 rings (SSSR count). The molecule has 3 heterocycles. The van der Waals surface area contributed by atoms with E-state index >= 15 is 0 Å². The predicted molar refractivity (Wildman–Crippen MR) is 97.9 cm³/mol. The molecule has 2 N–H and O–H groups in total. The zero-order valence-electron chi connectivity index (χ0n) is 16.7. The monoisotopic (exact) mass is 472 g/mol. The van der Waals surface area contributed by atoms with Gasteiger partial charge in [0.2, 0.25) is 5.95 Å². The second kappa shape index (κ2) is 10.3. The average molecular weight is 472 g/mol. The van der Waals surface area contributed by atoms with Crippen LogP contribution in [0.25, 0.3) is 0 Å². The molecule has 8 nitrogen and oxygen atoms in total. The standard InChI is InChI=1S/C14H20N4.2C2HF3O2/c1-6-15-14(16-7-1)18-9-5-12-13(18)4-8-17(12)10-11-2-3-11;2*3-2(4,5)1(6)7/h1,6-7,11-13H,2-5,8-10H2;2*(H,6,7)/t12-,13+;;/m1../s1. The van der Waals surface area contributed by atoms with E-state index in [9.17, 15) is 26.3 Å². The quantitative estimate of drug-likeness (QED) is 0.647. The minimum Gasteiger partial charge on any atom is -0.475 e. The molecule has 1 saturated carbocycles. The van der Waals surface area contributed by atoms with Crippen LogP contribution in [-0.2, 0) is 9.59 Å². The van der Waals surface area contributed by atoms with E-state index in [-0.39, 0.29) is 0 Å². The lowest BCUT2D eigenvalue weighted by Crippen LogP contribution is -2.37. The number of hydrogen-bond acceptors (Lipinski definition) is 6. The summed E-state index contributed by atoms with van der Waals surface area (Å²) in [4.78, 5) is 31.8. The second-order valence-corrected chi connectivity index (χ2v) is 7.50. The number of aliphatic carboxylic acids is 2. The predicted octanol–water partition coefficient (Wildman–Crippen LogP) is 2.81. The third kappa shape index (κ3) is 7.50. The van der Waals surface area contributed by atoms with Gasteiger partial charge in [0.25, 0.3) is 0 Å². The Balaban J connectivity index is 0.000000218. The lowest BCUT2D eigenvalue weighted by atomic mass is 10.1. The zero-order valence-corrected chi connectivity index (χ0v) is 16.7. The topological polar surface area (TPSA) is 107 Å². The van der Waals surface area contributed by atoms with Crippen LogP contribution in [0.2, 0.25) is 0 Å². The SMILES string of the molecule is O=C(O)C(F)(F)F.O=C(O)C(F)(F)F.c1cnc(N2CC[C@@H]3[C@@H]2CCN3CC2CC2)nc1. The molecular formula is C18H22F6N4O4. The van der Waals surface area contributed by atoms with Gasteiger partial charge in [0, 0.05) is 44.1 Å². The van der Waals surface area contributed by atoms with Gasteiger partial charge in [-0.3, -0.25) is 4.90 Å². The lowest BCUT2D eigenvalue weighted by molar-refractivity contribution is -0.193. The Bertz CT molecular complexity index is 749. The Kier molecular flexibility index (Phi) is 8.26. The van der Waals surface area contributed by atoms with Crippen LogP contribution in [0.5, 0.6) is 0 Å². The summed E-state index contributed by atoms with van der Waals surface area (Å²) < 4.78 is 63.5. The molecule has 1 aromatic rings. The first-order valence-electron chi connectivity index (χ1n) is 9.68. The van der Waals surface area contributed by atoms with E-state index < -0.39 is 24.3 Å². The highest BCUT2D eigenvalue weighted by Gasteiger charge is 2.44. The Morgan fingerprint density at radius 3 is 1.78 bits per heavy atom. The van der Waals surface area contributed by atoms with Crippen molar-refractivity contribution < 1.29 is 46.1 Å². The minimum atomic E-state index is -5.08. The molecule has 14 heteroatoms. The Morgan fingerprint density at radius 1 is 0.875 bits per heavy atom. The fourth-order valence-electron chi connectivity index (χ4n) is 3.62. The van der Waals surface area contributed by atoms with Crippen LogP contribution in [-0.4, -0.2) is 81.1 Å². The molecule has 2 atom stereocenters. The summed E-state index contributed by atoms with van der Waals surface area (Å²) in [5.41, 5.74) is 0. The maximum absolute atomic E-state index is 10.6. The number of carboxylic acids is 2. The second-order valence-electron chi connectivity index (χ2n) is 7.50. The molecule has 1 aromatic heterocycles. The third-order valence-corrected chi connectivity index (χ3v) is 5.18. The molecule has 1 aliphatic carbocycles. The van der Waals surface area contributed by atoms with Crippen LogP contribution < -0.4 is 4.90 Å². The van der Waals surface area contributed by atoms with E-state index in [0.29, 0.717) is 6.04 Å². The highest BCUT2D eigenvalue weighted by atomic mass is 19.4. The molecular weight excluding hydrogens is 450 g/mol. The van der Waals surface area contributed by atoms with Crippen molar-refractivity contribution in [2.75, 3.05) is 24.5 Å². The largest absolute Gasteiger partial charge is 0.490 e. The number of halogens is 6. The van der Waals surface area contributed by atoms with Crippen molar-refractivity contribution in [1.82, 2.24) is 14.9 Å². The Morgan fingerprint density at radius 2 is 1.34 bits per heavy atom. The normalized spacial score (nSPS) is 22.9. The third-order valence-electron chi connectivity index (χ3n) is 5.18. The van der Waals surface area contributed by atoms with E-state index in [2.05, 4.69) is 19.8 Å². The molecule has 0 spiro atoms. The van der Waals surface area contributed by atoms with Crippen LogP contribution in [0, 0.1) is 5.92 Å². The number of carbonyl (C=O) groups is 2. The number of likely N-dealkylation sites (tertiary alicyclic amines) is 1. The van der Waals surface area contributed by atoms with Crippen LogP contribution in [0.1, 0.15) is 25.7 Å². The molecule has 0 bridgehead atoms. The molecule has 3 fully saturated rings. The van der Waals surface area contributed by atoms with Crippen molar-refractivity contribution in [1.29, 1.82) is 0 Å². The average Bonchev–Trinajstić information content (AvgIpc) is 3.27. The summed E-state index contributed by atoms with van der Waals surface area (Å²) in [6.45, 7) is 3.74. The van der Waals surface area contributed by atoms with Crippen molar-refractivity contribution >= 4 is 17.9 Å². The molecule has 0 amide bonds. The number of nitrogens with zero attached hydrogens (tertiary/aromatic N) is 4. The van der Waals surface area contributed by atoms with E-state index in [4.69, 9.17) is 19.8 Å². The first-order chi connectivity index (χ1) is 14.8. The highest BCUT2D eigenvalue weighted by Crippen LogP contribution is 2.37. The van der Waals surface area contributed by atoms with Gasteiger partial charge in [-0.1, -0.05) is 0 Å². The van der Waals surface area contributed by atoms with Gasteiger partial charge in [-0.05, 0) is 37.7 Å². The van der Waals surface area contributed by atoms with Gasteiger partial charge in [-0.2, -0.15) is 26.3 Å². The van der Waals surface area contributed by atoms with Gasteiger partial charge in [0.05, 0.1) is 0 Å². The van der Waals surface area contributed by atoms with Crippen LogP contribution >= 0.6 is 0 Å². The number of carboxylic acid groups (broad SMARTS) is 2. The summed E-state index contributed by atoms with van der Waals surface area (Å²) in [6, 6.07) is 3.31. The lowest BCUT2D eigenvalue weighted by Gasteiger charge is -2.25. The van der Waals surface area contributed by atoms with Crippen molar-refractivity contribution in [3.63, 3.8) is 0 Å². The molecule has 32 heavy (non-hydrogen) atoms. The molecule has 0 radical (unpaired) electrons. The molecule has 180 valence electrons. The summed E-state index contributed by atoms with van der Waals surface area (Å²) in [5, 5.41) is 14.2. The van der Waals surface area contributed by atoms with Crippen molar-refractivity contribution in [2.45, 2.75) is 50.1 Å². The number of alkyl halides is 6. The van der Waals surface area contributed by atoms with Gasteiger partial charge in [0.15, 0.2) is 0 Å². The van der Waals surface area contributed by atoms with Crippen molar-refractivity contribution in [2.24, 2.45) is 5.92 Å². The first kappa shape index (κ1) is 25.6. The summed E-state index contributed by atoms with van der Waals surface area (Å²) >= 11 is 0. The number of aromatic nitrogens is 2. The summed E-state index contributed by atoms with van der Waals surface area (Å²) in [6.07, 6.45) is -0.969. The van der Waals surface area contributed by atoms with Gasteiger partial charge in [-0.15, -0.1) is 0 Å². The van der Waals surface area contributed by atoms with Gasteiger partial charge in [0.1, 0.15) is 0 Å². The zero-order chi connectivity index (χ0) is 24.1. The van der Waals surface area contributed by atoms with Crippen LogP contribution in [0.3, 0.4) is 0 Å². The Hall–Kier alpha value is -2.64. The molecule has 2 aliphatic heterocycles. The Labute approximate surface area is 178 Å². The van der Waals surface area contributed by atoms with E-state index in [1.807, 2.05) is 18.5 Å². The fraction of sp³-hybridized carbons (Fsp3) is 0.667. The molecule has 3 aliphatic rings. The number of rotatable bonds is 3. The number of anilines is 1. The number of fused-ring (bicyclic) bond motifs is 1. The van der Waals surface area contributed by atoms with Gasteiger partial charge in [-0.25, -0.2) is 19.6 Å². The summed E-state index contributed by atoms with van der Waals surface area (Å²) in [7, 11) is 0. The molecule has 0 aromatic carbocycles. The maximum Gasteiger partial charge on any atom is 0.490 e. The van der Waals surface area contributed by atoms with Crippen molar-refractivity contribution in [3.05, 3.63) is 18.5 Å². The molecule has 2 saturated heterocycles. The van der Waals surface area contributed by atoms with E-state index in [0.717, 1.165) is 24.5 Å². The van der Waals surface area contributed by atoms with Gasteiger partial charge < -0.3 is 15.1 Å². The van der Waals surface area contributed by atoms with E-state index in [1.165, 1.54) is 38.8 Å². The van der Waals surface area contributed by atoms with E-state index in [1.54, 1.807) is 0 Å². The van der Waals surface area contributed by atoms with Gasteiger partial charge >= 0.3 is 24.3 Å². The smallest absolute Gasteiger partial charge is 0.475 e. The first-order valence-corrected chi connectivity index (χ1v) is 9.68. The fourth-order valence-corrected chi connectivity index (χ4v) is 3.62. The van der Waals surface area contributed by atoms with Crippen molar-refractivity contribution in [3.8, 4) is 0 Å². The summed E-state index contributed by atoms with van der Waals surface area (Å²) in [5.74, 6) is -3.58. The maximum atomic E-state index is 10.6. The van der Waals surface area contributed by atoms with Crippen LogP contribution in [0.15, 0.2) is 18.5 Å². The number of hydrogen-bond donors (Lipinski definition) is 2. The van der Waals surface area contributed by atoms with Crippen LogP contribution in [0.4, 0.5) is 32.3 Å². The minimum absolute atomic E-state index is 0.658. The molecule has 0 unspecified atom stereocenters. The highest BCUT2D eigenvalue weighted by molar-refractivity contribution is 5.73.